The SMILES string of the molecule is C[C@H](Sc1n[nH]c(N)n1)C(=O)Nc1ccccc1[N+](=O)[O-]. The van der Waals surface area contributed by atoms with Crippen molar-refractivity contribution < 1.29 is 9.72 Å². The molecular weight excluding hydrogens is 296 g/mol. The number of carbonyl (C=O) groups excluding carboxylic acids is 1. The average molecular weight is 308 g/mol. The van der Waals surface area contributed by atoms with Crippen LogP contribution in [-0.4, -0.2) is 31.3 Å². The molecule has 0 saturated carbocycles. The van der Waals surface area contributed by atoms with Crippen LogP contribution in [0.3, 0.4) is 0 Å². The molecule has 2 aromatic rings. The maximum atomic E-state index is 12.0. The highest BCUT2D eigenvalue weighted by molar-refractivity contribution is 8.00. The Hall–Kier alpha value is -2.62. The number of hydrogen-bond donors (Lipinski definition) is 3. The molecule has 0 bridgehead atoms. The van der Waals surface area contributed by atoms with Crippen LogP contribution in [0.1, 0.15) is 6.92 Å². The van der Waals surface area contributed by atoms with Crippen molar-refractivity contribution in [3.63, 3.8) is 0 Å². The third kappa shape index (κ3) is 3.69. The highest BCUT2D eigenvalue weighted by Crippen LogP contribution is 2.25. The summed E-state index contributed by atoms with van der Waals surface area (Å²) >= 11 is 1.09. The van der Waals surface area contributed by atoms with Crippen LogP contribution in [0.25, 0.3) is 0 Å². The Balaban J connectivity index is 2.05. The molecule has 0 aliphatic heterocycles. The van der Waals surface area contributed by atoms with Gasteiger partial charge in [-0.15, -0.1) is 5.10 Å². The summed E-state index contributed by atoms with van der Waals surface area (Å²) in [7, 11) is 0. The third-order valence-electron chi connectivity index (χ3n) is 2.49. The number of nitrogens with one attached hydrogen (secondary N) is 2. The molecule has 0 unspecified atom stereocenters. The van der Waals surface area contributed by atoms with E-state index in [0.717, 1.165) is 11.8 Å². The van der Waals surface area contributed by atoms with Gasteiger partial charge in [0.1, 0.15) is 5.69 Å². The maximum absolute atomic E-state index is 12.0. The molecule has 2 rings (SSSR count). The van der Waals surface area contributed by atoms with E-state index >= 15 is 0 Å². The normalized spacial score (nSPS) is 11.9. The number of nitro benzene ring substituents is 1. The van der Waals surface area contributed by atoms with Crippen LogP contribution < -0.4 is 11.1 Å². The molecule has 0 radical (unpaired) electrons. The second kappa shape index (κ2) is 6.22. The van der Waals surface area contributed by atoms with Gasteiger partial charge in [-0.1, -0.05) is 23.9 Å². The summed E-state index contributed by atoms with van der Waals surface area (Å²) in [5.74, 6) is -0.235. The van der Waals surface area contributed by atoms with E-state index in [1.54, 1.807) is 13.0 Å². The highest BCUT2D eigenvalue weighted by atomic mass is 32.2. The molecule has 1 heterocycles. The predicted molar refractivity (Wildman–Crippen MR) is 77.8 cm³/mol. The molecule has 0 aliphatic carbocycles. The van der Waals surface area contributed by atoms with Gasteiger partial charge in [0, 0.05) is 6.07 Å². The number of aromatic amines is 1. The predicted octanol–water partition coefficient (Wildman–Crippen LogP) is 1.41. The summed E-state index contributed by atoms with van der Waals surface area (Å²) < 4.78 is 0. The monoisotopic (exact) mass is 308 g/mol. The lowest BCUT2D eigenvalue weighted by molar-refractivity contribution is -0.383. The van der Waals surface area contributed by atoms with Crippen LogP contribution in [0.4, 0.5) is 17.3 Å². The minimum Gasteiger partial charge on any atom is -0.368 e. The van der Waals surface area contributed by atoms with Gasteiger partial charge >= 0.3 is 0 Å². The molecule has 1 amide bonds. The van der Waals surface area contributed by atoms with Crippen LogP contribution in [0.15, 0.2) is 29.4 Å². The number of nitro groups is 1. The van der Waals surface area contributed by atoms with Crippen molar-refractivity contribution in [3.05, 3.63) is 34.4 Å². The fourth-order valence-electron chi connectivity index (χ4n) is 1.50. The van der Waals surface area contributed by atoms with Crippen LogP contribution in [0, 0.1) is 10.1 Å². The van der Waals surface area contributed by atoms with E-state index in [-0.39, 0.29) is 17.3 Å². The van der Waals surface area contributed by atoms with E-state index in [1.807, 2.05) is 0 Å². The number of aromatic nitrogens is 3. The zero-order valence-corrected chi connectivity index (χ0v) is 11.8. The molecule has 9 nitrogen and oxygen atoms in total. The van der Waals surface area contributed by atoms with Crippen LogP contribution in [-0.2, 0) is 4.79 Å². The molecule has 4 N–H and O–H groups in total. The Kier molecular flexibility index (Phi) is 4.38. The van der Waals surface area contributed by atoms with Crippen molar-refractivity contribution in [2.24, 2.45) is 0 Å². The van der Waals surface area contributed by atoms with Gasteiger partial charge < -0.3 is 11.1 Å². The first-order chi connectivity index (χ1) is 9.97. The summed E-state index contributed by atoms with van der Waals surface area (Å²) in [5, 5.41) is 19.5. The van der Waals surface area contributed by atoms with E-state index in [4.69, 9.17) is 5.73 Å². The zero-order valence-electron chi connectivity index (χ0n) is 10.9. The van der Waals surface area contributed by atoms with Gasteiger partial charge in [-0.05, 0) is 13.0 Å². The number of H-pyrrole nitrogens is 1. The molecule has 0 fully saturated rings. The standard InChI is InChI=1S/C11H12N6O3S/c1-6(21-11-14-10(12)15-16-11)9(18)13-7-4-2-3-5-8(7)17(19)20/h2-6H,1H3,(H,13,18)(H3,12,14,15,16)/t6-/m0/s1. The largest absolute Gasteiger partial charge is 0.368 e. The first kappa shape index (κ1) is 14.8. The van der Waals surface area contributed by atoms with Gasteiger partial charge in [-0.3, -0.25) is 14.9 Å². The van der Waals surface area contributed by atoms with Crippen molar-refractivity contribution in [1.29, 1.82) is 0 Å². The molecule has 10 heteroatoms. The van der Waals surface area contributed by atoms with Gasteiger partial charge in [0.25, 0.3) is 5.69 Å². The van der Waals surface area contributed by atoms with E-state index in [0.29, 0.717) is 5.16 Å². The number of nitrogen functional groups attached to an aromatic ring is 1. The highest BCUT2D eigenvalue weighted by Gasteiger charge is 2.20. The Morgan fingerprint density at radius 1 is 1.52 bits per heavy atom. The van der Waals surface area contributed by atoms with Gasteiger partial charge in [-0.25, -0.2) is 5.10 Å². The molecule has 110 valence electrons. The van der Waals surface area contributed by atoms with Crippen molar-refractivity contribution in [2.75, 3.05) is 11.1 Å². The Bertz CT molecular complexity index is 673. The number of thioether (sulfide) groups is 1. The number of para-hydroxylation sites is 2. The van der Waals surface area contributed by atoms with E-state index in [1.165, 1.54) is 18.2 Å². The smallest absolute Gasteiger partial charge is 0.292 e. The molecule has 21 heavy (non-hydrogen) atoms. The van der Waals surface area contributed by atoms with E-state index in [9.17, 15) is 14.9 Å². The van der Waals surface area contributed by atoms with Crippen molar-refractivity contribution in [2.45, 2.75) is 17.3 Å². The minimum absolute atomic E-state index is 0.148. The lowest BCUT2D eigenvalue weighted by atomic mass is 10.2. The third-order valence-corrected chi connectivity index (χ3v) is 3.45. The number of carbonyl (C=O) groups is 1. The summed E-state index contributed by atoms with van der Waals surface area (Å²) in [5.41, 5.74) is 5.37. The molecule has 0 spiro atoms. The van der Waals surface area contributed by atoms with Crippen LogP contribution >= 0.6 is 11.8 Å². The average Bonchev–Trinajstić information content (AvgIpc) is 2.84. The minimum atomic E-state index is -0.552. The van der Waals surface area contributed by atoms with Gasteiger partial charge in [-0.2, -0.15) is 4.98 Å². The maximum Gasteiger partial charge on any atom is 0.292 e. The van der Waals surface area contributed by atoms with Crippen molar-refractivity contribution >= 4 is 35.0 Å². The number of benzene rings is 1. The molecule has 0 aliphatic rings. The first-order valence-corrected chi connectivity index (χ1v) is 6.74. The van der Waals surface area contributed by atoms with Gasteiger partial charge in [0.05, 0.1) is 10.2 Å². The first-order valence-electron chi connectivity index (χ1n) is 5.86. The molecule has 1 aromatic carbocycles. The van der Waals surface area contributed by atoms with Crippen molar-refractivity contribution in [1.82, 2.24) is 15.2 Å². The van der Waals surface area contributed by atoms with E-state index in [2.05, 4.69) is 20.5 Å². The summed E-state index contributed by atoms with van der Waals surface area (Å²) in [6, 6.07) is 5.93. The number of anilines is 2. The summed E-state index contributed by atoms with van der Waals surface area (Å²) in [6.07, 6.45) is 0. The number of nitrogens with zero attached hydrogens (tertiary/aromatic N) is 3. The van der Waals surface area contributed by atoms with Gasteiger partial charge in [0.15, 0.2) is 0 Å². The summed E-state index contributed by atoms with van der Waals surface area (Å²) in [6.45, 7) is 1.64. The fourth-order valence-corrected chi connectivity index (χ4v) is 2.23. The van der Waals surface area contributed by atoms with Crippen molar-refractivity contribution in [3.8, 4) is 0 Å². The second-order valence-corrected chi connectivity index (χ2v) is 5.33. The van der Waals surface area contributed by atoms with Gasteiger partial charge in [0.2, 0.25) is 17.0 Å². The molecule has 0 saturated heterocycles. The molecule has 1 aromatic heterocycles. The van der Waals surface area contributed by atoms with Crippen LogP contribution in [0.5, 0.6) is 0 Å². The van der Waals surface area contributed by atoms with E-state index < -0.39 is 16.1 Å². The number of amides is 1. The molecule has 1 atom stereocenters. The zero-order chi connectivity index (χ0) is 15.4. The fraction of sp³-hybridized carbons (Fsp3) is 0.182. The quantitative estimate of drug-likeness (QED) is 0.431. The topological polar surface area (TPSA) is 140 Å². The number of hydrogen-bond acceptors (Lipinski definition) is 7. The lowest BCUT2D eigenvalue weighted by Gasteiger charge is -2.10. The number of rotatable bonds is 5. The number of nitrogens with two attached hydrogens (primary N) is 1. The van der Waals surface area contributed by atoms with Crippen LogP contribution in [0.2, 0.25) is 0 Å². The lowest BCUT2D eigenvalue weighted by Crippen LogP contribution is -2.23. The second-order valence-electron chi connectivity index (χ2n) is 4.03. The molecular formula is C11H12N6O3S. The Morgan fingerprint density at radius 3 is 2.86 bits per heavy atom. The Labute approximate surface area is 123 Å². The summed E-state index contributed by atoms with van der Waals surface area (Å²) in [4.78, 5) is 26.2. The Morgan fingerprint density at radius 2 is 2.24 bits per heavy atom.